The number of nitrogens with zero attached hydrogens (tertiary/aromatic N) is 7. The molecule has 0 aliphatic carbocycles. The van der Waals surface area contributed by atoms with Crippen molar-refractivity contribution in [1.82, 2.24) is 19.8 Å². The van der Waals surface area contributed by atoms with Crippen LogP contribution in [0, 0.1) is 6.92 Å². The van der Waals surface area contributed by atoms with Gasteiger partial charge in [0.15, 0.2) is 0 Å². The number of amides is 1. The van der Waals surface area contributed by atoms with Crippen LogP contribution in [-0.4, -0.2) is 104 Å². The van der Waals surface area contributed by atoms with E-state index < -0.39 is 0 Å². The minimum Gasteiger partial charge on any atom is -0.463 e. The van der Waals surface area contributed by atoms with Crippen LogP contribution in [0.5, 0.6) is 6.01 Å². The van der Waals surface area contributed by atoms with Gasteiger partial charge in [-0.1, -0.05) is 18.7 Å². The van der Waals surface area contributed by atoms with Crippen LogP contribution < -0.4 is 14.5 Å². The number of benzene rings is 1. The van der Waals surface area contributed by atoms with Crippen LogP contribution in [0.4, 0.5) is 11.5 Å². The molecule has 1 aromatic carbocycles. The van der Waals surface area contributed by atoms with E-state index in [4.69, 9.17) is 19.4 Å². The van der Waals surface area contributed by atoms with E-state index in [0.717, 1.165) is 83.4 Å². The zero-order valence-corrected chi connectivity index (χ0v) is 23.5. The van der Waals surface area contributed by atoms with Gasteiger partial charge < -0.3 is 24.2 Å². The van der Waals surface area contributed by atoms with Crippen LogP contribution in [0.15, 0.2) is 29.8 Å². The molecule has 212 valence electrons. The van der Waals surface area contributed by atoms with Crippen molar-refractivity contribution < 1.29 is 14.3 Å². The lowest BCUT2D eigenvalue weighted by Crippen LogP contribution is -2.49. The molecule has 0 unspecified atom stereocenters. The van der Waals surface area contributed by atoms with Crippen molar-refractivity contribution in [3.8, 4) is 6.01 Å². The highest BCUT2D eigenvalue weighted by Crippen LogP contribution is 2.36. The predicted octanol–water partition coefficient (Wildman–Crippen LogP) is 2.22. The Morgan fingerprint density at radius 3 is 2.70 bits per heavy atom. The molecular weight excluding hydrogens is 506 g/mol. The molecule has 5 heterocycles. The fraction of sp³-hybridized carbons (Fsp3) is 0.533. The number of rotatable bonds is 8. The van der Waals surface area contributed by atoms with Crippen LogP contribution in [0.3, 0.4) is 0 Å². The molecule has 2 saturated heterocycles. The standard InChI is InChI=1S/C30H39N7O3/c1-3-27(38)35-10-12-36(13-11-35)29-24-7-9-37(28-22(2)5-6-23-19-31-20-25(23)28)21-26(24)32-30(33-29)40-16-4-8-34-14-17-39-18-15-34/h3,5-6,20H,1,4,7-19,21H2,2H3. The molecule has 40 heavy (non-hydrogen) atoms. The fourth-order valence-corrected chi connectivity index (χ4v) is 6.15. The van der Waals surface area contributed by atoms with Crippen molar-refractivity contribution in [3.63, 3.8) is 0 Å². The Morgan fingerprint density at radius 2 is 1.90 bits per heavy atom. The Morgan fingerprint density at radius 1 is 1.07 bits per heavy atom. The van der Waals surface area contributed by atoms with Gasteiger partial charge in [-0.25, -0.2) is 0 Å². The van der Waals surface area contributed by atoms with Crippen molar-refractivity contribution in [1.29, 1.82) is 0 Å². The van der Waals surface area contributed by atoms with Gasteiger partial charge >= 0.3 is 6.01 Å². The Labute approximate surface area is 236 Å². The number of carbonyl (C=O) groups is 1. The van der Waals surface area contributed by atoms with E-state index >= 15 is 0 Å². The monoisotopic (exact) mass is 545 g/mol. The van der Waals surface area contributed by atoms with Gasteiger partial charge in [0.2, 0.25) is 5.91 Å². The number of anilines is 2. The van der Waals surface area contributed by atoms with Crippen molar-refractivity contribution >= 4 is 23.6 Å². The van der Waals surface area contributed by atoms with Gasteiger partial charge in [-0.15, -0.1) is 0 Å². The average molecular weight is 546 g/mol. The molecule has 2 fully saturated rings. The molecule has 10 heteroatoms. The first-order valence-electron chi connectivity index (χ1n) is 14.5. The van der Waals surface area contributed by atoms with Gasteiger partial charge in [-0.05, 0) is 37.0 Å². The second-order valence-electron chi connectivity index (χ2n) is 10.9. The number of aliphatic imine (C=N–C) groups is 1. The first-order valence-corrected chi connectivity index (χ1v) is 14.5. The number of fused-ring (bicyclic) bond motifs is 2. The summed E-state index contributed by atoms with van der Waals surface area (Å²) in [5, 5.41) is 0. The van der Waals surface area contributed by atoms with E-state index in [-0.39, 0.29) is 5.91 Å². The van der Waals surface area contributed by atoms with Crippen LogP contribution in [0.2, 0.25) is 0 Å². The maximum Gasteiger partial charge on any atom is 0.318 e. The molecule has 0 atom stereocenters. The van der Waals surface area contributed by atoms with E-state index in [9.17, 15) is 4.79 Å². The lowest BCUT2D eigenvalue weighted by atomic mass is 9.98. The summed E-state index contributed by atoms with van der Waals surface area (Å²) in [6.45, 7) is 16.0. The van der Waals surface area contributed by atoms with Crippen molar-refractivity contribution in [2.45, 2.75) is 32.9 Å². The largest absolute Gasteiger partial charge is 0.463 e. The van der Waals surface area contributed by atoms with Gasteiger partial charge in [0.25, 0.3) is 0 Å². The maximum absolute atomic E-state index is 12.2. The topological polar surface area (TPSA) is 86.6 Å². The summed E-state index contributed by atoms with van der Waals surface area (Å²) in [5.41, 5.74) is 7.25. The van der Waals surface area contributed by atoms with Crippen LogP contribution >= 0.6 is 0 Å². The molecular formula is C30H39N7O3. The van der Waals surface area contributed by atoms with Gasteiger partial charge in [-0.3, -0.25) is 14.7 Å². The molecule has 2 aromatic rings. The normalized spacial score (nSPS) is 19.0. The highest BCUT2D eigenvalue weighted by atomic mass is 16.5. The third-order valence-electron chi connectivity index (χ3n) is 8.35. The van der Waals surface area contributed by atoms with E-state index in [1.807, 2.05) is 11.1 Å². The lowest BCUT2D eigenvalue weighted by Gasteiger charge is -2.38. The predicted molar refractivity (Wildman–Crippen MR) is 156 cm³/mol. The quantitative estimate of drug-likeness (QED) is 0.369. The zero-order chi connectivity index (χ0) is 27.5. The Kier molecular flexibility index (Phi) is 7.97. The summed E-state index contributed by atoms with van der Waals surface area (Å²) in [6, 6.07) is 4.84. The highest BCUT2D eigenvalue weighted by molar-refractivity contribution is 5.93. The van der Waals surface area contributed by atoms with Gasteiger partial charge in [0, 0.05) is 75.4 Å². The Hall–Kier alpha value is -3.50. The summed E-state index contributed by atoms with van der Waals surface area (Å²) < 4.78 is 11.6. The van der Waals surface area contributed by atoms with Crippen LogP contribution in [0.25, 0.3) is 0 Å². The molecule has 0 bridgehead atoms. The van der Waals surface area contributed by atoms with E-state index in [0.29, 0.717) is 32.3 Å². The highest BCUT2D eigenvalue weighted by Gasteiger charge is 2.30. The molecule has 1 aromatic heterocycles. The maximum atomic E-state index is 12.2. The lowest BCUT2D eigenvalue weighted by molar-refractivity contribution is -0.126. The Balaban J connectivity index is 1.23. The number of ether oxygens (including phenoxy) is 2. The molecule has 6 rings (SSSR count). The molecule has 4 aliphatic rings. The Bertz CT molecular complexity index is 1280. The summed E-state index contributed by atoms with van der Waals surface area (Å²) in [5.74, 6) is 0.939. The SMILES string of the molecule is C=CC(=O)N1CCN(c2nc(OCCCN3CCOCC3)nc3c2CCN(c2c(C)ccc4c2C=NC4)C3)CC1. The van der Waals surface area contributed by atoms with E-state index in [1.54, 1.807) is 0 Å². The molecule has 0 saturated carbocycles. The van der Waals surface area contributed by atoms with Crippen LogP contribution in [-0.2, 0) is 29.0 Å². The second kappa shape index (κ2) is 11.9. The number of piperazine rings is 1. The van der Waals surface area contributed by atoms with Gasteiger partial charge in [-0.2, -0.15) is 9.97 Å². The van der Waals surface area contributed by atoms with Crippen LogP contribution in [0.1, 0.15) is 34.4 Å². The third-order valence-corrected chi connectivity index (χ3v) is 8.35. The van der Waals surface area contributed by atoms with Crippen molar-refractivity contribution in [2.75, 3.05) is 82.0 Å². The summed E-state index contributed by atoms with van der Waals surface area (Å²) >= 11 is 0. The smallest absolute Gasteiger partial charge is 0.318 e. The molecule has 4 aliphatic heterocycles. The molecule has 10 nitrogen and oxygen atoms in total. The number of morpholine rings is 1. The number of hydrogen-bond acceptors (Lipinski definition) is 9. The molecule has 0 N–H and O–H groups in total. The minimum absolute atomic E-state index is 0.0152. The van der Waals surface area contributed by atoms with Gasteiger partial charge in [0.1, 0.15) is 5.82 Å². The van der Waals surface area contributed by atoms with E-state index in [2.05, 4.69) is 45.3 Å². The number of hydrogen-bond donors (Lipinski definition) is 0. The van der Waals surface area contributed by atoms with Crippen molar-refractivity contribution in [2.24, 2.45) is 4.99 Å². The average Bonchev–Trinajstić information content (AvgIpc) is 3.47. The van der Waals surface area contributed by atoms with E-state index in [1.165, 1.54) is 34.0 Å². The van der Waals surface area contributed by atoms with Crippen molar-refractivity contribution in [3.05, 3.63) is 52.7 Å². The first kappa shape index (κ1) is 26.7. The minimum atomic E-state index is -0.0152. The molecule has 1 amide bonds. The molecule has 0 spiro atoms. The fourth-order valence-electron chi connectivity index (χ4n) is 6.15. The summed E-state index contributed by atoms with van der Waals surface area (Å²) in [7, 11) is 0. The molecule has 0 radical (unpaired) electrons. The second-order valence-corrected chi connectivity index (χ2v) is 10.9. The summed E-state index contributed by atoms with van der Waals surface area (Å²) in [4.78, 5) is 35.6. The number of carbonyl (C=O) groups excluding carboxylic acids is 1. The number of aromatic nitrogens is 2. The summed E-state index contributed by atoms with van der Waals surface area (Å²) in [6.07, 6.45) is 5.19. The zero-order valence-electron chi connectivity index (χ0n) is 23.5. The first-order chi connectivity index (χ1) is 19.6. The number of aryl methyl sites for hydroxylation is 1. The third kappa shape index (κ3) is 5.55. The van der Waals surface area contributed by atoms with Gasteiger partial charge in [0.05, 0.1) is 38.6 Å².